The summed E-state index contributed by atoms with van der Waals surface area (Å²) in [6, 6.07) is 0. The van der Waals surface area contributed by atoms with Gasteiger partial charge in [-0.3, -0.25) is 19.3 Å². The molecule has 0 spiro atoms. The fraction of sp³-hybridized carbons (Fsp3) is 0.769. The molecule has 1 heterocycles. The maximum absolute atomic E-state index is 12.3. The number of hydrogen-bond donors (Lipinski definition) is 1. The van der Waals surface area contributed by atoms with E-state index in [0.717, 1.165) is 43.4 Å². The maximum atomic E-state index is 12.3. The van der Waals surface area contributed by atoms with Gasteiger partial charge < -0.3 is 5.32 Å². The number of nitrogens with zero attached hydrogens (tertiary/aromatic N) is 1. The van der Waals surface area contributed by atoms with Crippen LogP contribution in [-0.4, -0.2) is 35.7 Å². The van der Waals surface area contributed by atoms with Crippen LogP contribution in [0.15, 0.2) is 0 Å². The standard InChI is InChI=1S/C13H20N2O3/c16-11-13(18)15(9-8-14-11)12(17)10-6-4-2-1-3-5-7-10/h10H,1-9H2,(H,14,16). The van der Waals surface area contributed by atoms with Crippen molar-refractivity contribution in [1.82, 2.24) is 10.2 Å². The van der Waals surface area contributed by atoms with Gasteiger partial charge in [-0.1, -0.05) is 32.1 Å². The lowest BCUT2D eigenvalue weighted by molar-refractivity contribution is -0.156. The molecule has 0 atom stereocenters. The monoisotopic (exact) mass is 252 g/mol. The molecule has 0 radical (unpaired) electrons. The molecule has 1 aliphatic heterocycles. The van der Waals surface area contributed by atoms with Gasteiger partial charge in [0.1, 0.15) is 0 Å². The highest BCUT2D eigenvalue weighted by Crippen LogP contribution is 2.24. The summed E-state index contributed by atoms with van der Waals surface area (Å²) in [5, 5.41) is 2.46. The van der Waals surface area contributed by atoms with Gasteiger partial charge in [0.25, 0.3) is 0 Å². The van der Waals surface area contributed by atoms with Crippen molar-refractivity contribution in [2.45, 2.75) is 44.9 Å². The minimum atomic E-state index is -0.687. The van der Waals surface area contributed by atoms with Crippen LogP contribution in [0.4, 0.5) is 0 Å². The quantitative estimate of drug-likeness (QED) is 0.555. The molecular formula is C13H20N2O3. The van der Waals surface area contributed by atoms with E-state index in [2.05, 4.69) is 5.32 Å². The number of rotatable bonds is 1. The van der Waals surface area contributed by atoms with Crippen LogP contribution in [0.25, 0.3) is 0 Å². The van der Waals surface area contributed by atoms with Crippen LogP contribution in [-0.2, 0) is 14.4 Å². The first-order valence-corrected chi connectivity index (χ1v) is 6.83. The predicted molar refractivity (Wildman–Crippen MR) is 65.5 cm³/mol. The SMILES string of the molecule is O=C1NCCN(C(=O)C2CCCCCCC2)C1=O. The third-order valence-electron chi connectivity index (χ3n) is 3.78. The molecule has 18 heavy (non-hydrogen) atoms. The van der Waals surface area contributed by atoms with E-state index in [9.17, 15) is 14.4 Å². The lowest BCUT2D eigenvalue weighted by Crippen LogP contribution is -2.55. The average molecular weight is 252 g/mol. The zero-order valence-corrected chi connectivity index (χ0v) is 10.6. The molecule has 1 saturated carbocycles. The van der Waals surface area contributed by atoms with E-state index in [1.165, 1.54) is 6.42 Å². The summed E-state index contributed by atoms with van der Waals surface area (Å²) >= 11 is 0. The third kappa shape index (κ3) is 2.89. The summed E-state index contributed by atoms with van der Waals surface area (Å²) in [6.07, 6.45) is 7.37. The van der Waals surface area contributed by atoms with Crippen molar-refractivity contribution < 1.29 is 14.4 Å². The van der Waals surface area contributed by atoms with E-state index in [1.54, 1.807) is 0 Å². The minimum Gasteiger partial charge on any atom is -0.346 e. The molecular weight excluding hydrogens is 232 g/mol. The highest BCUT2D eigenvalue weighted by molar-refractivity contribution is 6.38. The van der Waals surface area contributed by atoms with Crippen molar-refractivity contribution >= 4 is 17.7 Å². The molecule has 0 bridgehead atoms. The van der Waals surface area contributed by atoms with E-state index >= 15 is 0 Å². The molecule has 1 aliphatic carbocycles. The Labute approximate surface area is 107 Å². The van der Waals surface area contributed by atoms with Crippen molar-refractivity contribution in [3.63, 3.8) is 0 Å². The molecule has 0 unspecified atom stereocenters. The molecule has 100 valence electrons. The average Bonchev–Trinajstić information content (AvgIpc) is 2.31. The Bertz CT molecular complexity index is 346. The van der Waals surface area contributed by atoms with Gasteiger partial charge in [-0.15, -0.1) is 0 Å². The first-order chi connectivity index (χ1) is 8.70. The molecule has 1 saturated heterocycles. The zero-order chi connectivity index (χ0) is 13.0. The molecule has 2 aliphatic rings. The third-order valence-corrected chi connectivity index (χ3v) is 3.78. The maximum Gasteiger partial charge on any atom is 0.318 e. The smallest absolute Gasteiger partial charge is 0.318 e. The fourth-order valence-electron chi connectivity index (χ4n) is 2.71. The molecule has 5 heteroatoms. The summed E-state index contributed by atoms with van der Waals surface area (Å²) in [4.78, 5) is 36.4. The number of piperazine rings is 1. The molecule has 2 rings (SSSR count). The second-order valence-corrected chi connectivity index (χ2v) is 5.09. The minimum absolute atomic E-state index is 0.0693. The molecule has 1 N–H and O–H groups in total. The van der Waals surface area contributed by atoms with Crippen molar-refractivity contribution in [2.24, 2.45) is 5.92 Å². The Kier molecular flexibility index (Phi) is 4.33. The Balaban J connectivity index is 1.99. The van der Waals surface area contributed by atoms with Crippen LogP contribution in [0.1, 0.15) is 44.9 Å². The van der Waals surface area contributed by atoms with E-state index in [-0.39, 0.29) is 11.8 Å². The molecule has 0 aromatic heterocycles. The van der Waals surface area contributed by atoms with Gasteiger partial charge in [0.2, 0.25) is 5.91 Å². The van der Waals surface area contributed by atoms with Crippen LogP contribution in [0.3, 0.4) is 0 Å². The van der Waals surface area contributed by atoms with Gasteiger partial charge in [0.05, 0.1) is 0 Å². The van der Waals surface area contributed by atoms with Crippen molar-refractivity contribution in [3.05, 3.63) is 0 Å². The Hall–Kier alpha value is -1.39. The van der Waals surface area contributed by atoms with Crippen LogP contribution >= 0.6 is 0 Å². The summed E-state index contributed by atoms with van der Waals surface area (Å²) in [5.74, 6) is -1.55. The molecule has 0 aromatic carbocycles. The van der Waals surface area contributed by atoms with Gasteiger partial charge in [-0.2, -0.15) is 0 Å². The lowest BCUT2D eigenvalue weighted by atomic mass is 9.90. The highest BCUT2D eigenvalue weighted by Gasteiger charge is 2.34. The number of nitrogens with one attached hydrogen (secondary N) is 1. The number of hydrogen-bond acceptors (Lipinski definition) is 3. The number of imide groups is 1. The van der Waals surface area contributed by atoms with Crippen LogP contribution < -0.4 is 5.32 Å². The number of carbonyl (C=O) groups excluding carboxylic acids is 3. The fourth-order valence-corrected chi connectivity index (χ4v) is 2.71. The Morgan fingerprint density at radius 2 is 1.67 bits per heavy atom. The summed E-state index contributed by atoms with van der Waals surface area (Å²) in [7, 11) is 0. The van der Waals surface area contributed by atoms with Gasteiger partial charge in [-0.25, -0.2) is 0 Å². The van der Waals surface area contributed by atoms with Gasteiger partial charge in [0, 0.05) is 19.0 Å². The lowest BCUT2D eigenvalue weighted by Gasteiger charge is -2.29. The summed E-state index contributed by atoms with van der Waals surface area (Å²) < 4.78 is 0. The zero-order valence-electron chi connectivity index (χ0n) is 10.6. The summed E-state index contributed by atoms with van der Waals surface area (Å²) in [5.41, 5.74) is 0. The largest absolute Gasteiger partial charge is 0.346 e. The molecule has 2 fully saturated rings. The number of carbonyl (C=O) groups is 3. The first-order valence-electron chi connectivity index (χ1n) is 6.83. The Morgan fingerprint density at radius 1 is 1.06 bits per heavy atom. The topological polar surface area (TPSA) is 66.5 Å². The molecule has 0 aromatic rings. The molecule has 3 amide bonds. The Morgan fingerprint density at radius 3 is 2.33 bits per heavy atom. The normalized spacial score (nSPS) is 23.2. The second-order valence-electron chi connectivity index (χ2n) is 5.09. The second kappa shape index (κ2) is 5.98. The van der Waals surface area contributed by atoms with Gasteiger partial charge >= 0.3 is 11.8 Å². The van der Waals surface area contributed by atoms with E-state index in [1.807, 2.05) is 0 Å². The van der Waals surface area contributed by atoms with Gasteiger partial charge in [0.15, 0.2) is 0 Å². The van der Waals surface area contributed by atoms with E-state index < -0.39 is 11.8 Å². The van der Waals surface area contributed by atoms with Crippen molar-refractivity contribution in [3.8, 4) is 0 Å². The van der Waals surface area contributed by atoms with Gasteiger partial charge in [-0.05, 0) is 12.8 Å². The van der Waals surface area contributed by atoms with Crippen molar-refractivity contribution in [2.75, 3.05) is 13.1 Å². The van der Waals surface area contributed by atoms with E-state index in [0.29, 0.717) is 13.1 Å². The van der Waals surface area contributed by atoms with E-state index in [4.69, 9.17) is 0 Å². The van der Waals surface area contributed by atoms with Crippen LogP contribution in [0.2, 0.25) is 0 Å². The van der Waals surface area contributed by atoms with Crippen LogP contribution in [0.5, 0.6) is 0 Å². The highest BCUT2D eigenvalue weighted by atomic mass is 16.2. The van der Waals surface area contributed by atoms with Crippen LogP contribution in [0, 0.1) is 5.92 Å². The van der Waals surface area contributed by atoms with Crippen molar-refractivity contribution in [1.29, 1.82) is 0 Å². The molecule has 5 nitrogen and oxygen atoms in total. The predicted octanol–water partition coefficient (Wildman–Crippen LogP) is 0.832. The number of amides is 3. The summed E-state index contributed by atoms with van der Waals surface area (Å²) in [6.45, 7) is 0.697. The first kappa shape index (κ1) is 13.1.